The van der Waals surface area contributed by atoms with Gasteiger partial charge < -0.3 is 89.9 Å². The molecule has 91 heavy (non-hydrogen) atoms. The summed E-state index contributed by atoms with van der Waals surface area (Å²) in [5.74, 6) is -0.281. The van der Waals surface area contributed by atoms with Gasteiger partial charge in [0.1, 0.15) is 73.2 Å². The third-order valence-electron chi connectivity index (χ3n) is 18.4. The maximum absolute atomic E-state index is 13.4. The Morgan fingerprint density at radius 3 is 1.10 bits per heavy atom. The molecule has 0 bridgehead atoms. The first-order valence-electron chi connectivity index (χ1n) is 36.7. The van der Waals surface area contributed by atoms with Gasteiger partial charge in [0.15, 0.2) is 18.9 Å². The summed E-state index contributed by atoms with van der Waals surface area (Å²) >= 11 is 0. The Bertz CT molecular complexity index is 1790. The number of aliphatic hydroxyl groups is 11. The number of hydrogen-bond acceptors (Lipinski definition) is 18. The van der Waals surface area contributed by atoms with Gasteiger partial charge in [0.25, 0.3) is 0 Å². The van der Waals surface area contributed by atoms with Gasteiger partial charge in [-0.2, -0.15) is 0 Å². The lowest BCUT2D eigenvalue weighted by Gasteiger charge is -2.48. The van der Waals surface area contributed by atoms with Gasteiger partial charge in [0.05, 0.1) is 38.6 Å². The zero-order valence-electron chi connectivity index (χ0n) is 56.6. The van der Waals surface area contributed by atoms with Crippen LogP contribution in [0, 0.1) is 0 Å². The minimum Gasteiger partial charge on any atom is -0.394 e. The van der Waals surface area contributed by atoms with Crippen LogP contribution in [0.15, 0.2) is 36.5 Å². The highest BCUT2D eigenvalue weighted by atomic mass is 16.8. The van der Waals surface area contributed by atoms with Crippen LogP contribution in [0.1, 0.15) is 284 Å². The lowest BCUT2D eigenvalue weighted by molar-refractivity contribution is -0.379. The second kappa shape index (κ2) is 54.1. The number of allylic oxidation sites excluding steroid dienone is 5. The zero-order chi connectivity index (χ0) is 66.1. The molecule has 0 spiro atoms. The average molecular weight is 1300 g/mol. The van der Waals surface area contributed by atoms with Crippen LogP contribution < -0.4 is 5.32 Å². The molecule has 0 aromatic carbocycles. The standard InChI is InChI=1S/C72H133NO18/c1-3-5-7-9-11-13-15-17-19-21-22-23-24-25-26-27-28-29-30-31-32-34-36-38-40-42-44-46-48-50-60(78)73-55(56(77)49-47-45-43-41-39-37-35-33-20-18-16-14-12-10-8-6-4-2)54-86-70-66(84)63(81)68(58(52-75)88-70)91-72-67(85)64(82)69(59(53-76)89-72)90-71-65(83)62(80)61(79)57(51-74)87-71/h21-22,39,41,47,49,55-59,61-72,74-77,79-85H,3-20,23-38,40,42-46,48,50-54H2,1-2H3,(H,73,78)/b22-21-,41-39+,49-47+. The van der Waals surface area contributed by atoms with Crippen molar-refractivity contribution in [1.29, 1.82) is 0 Å². The summed E-state index contributed by atoms with van der Waals surface area (Å²) in [7, 11) is 0. The van der Waals surface area contributed by atoms with Gasteiger partial charge in [0.2, 0.25) is 5.91 Å². The van der Waals surface area contributed by atoms with Crippen molar-refractivity contribution >= 4 is 5.91 Å². The van der Waals surface area contributed by atoms with E-state index in [4.69, 9.17) is 28.4 Å². The Morgan fingerprint density at radius 2 is 0.703 bits per heavy atom. The molecule has 17 unspecified atom stereocenters. The summed E-state index contributed by atoms with van der Waals surface area (Å²) in [5, 5.41) is 121. The molecule has 3 fully saturated rings. The Hall–Kier alpha value is -1.99. The summed E-state index contributed by atoms with van der Waals surface area (Å²) in [6.45, 7) is 1.74. The van der Waals surface area contributed by atoms with Gasteiger partial charge in [-0.1, -0.05) is 256 Å². The second-order valence-corrected chi connectivity index (χ2v) is 26.4. The Balaban J connectivity index is 1.40. The third kappa shape index (κ3) is 35.7. The molecule has 0 radical (unpaired) electrons. The highest BCUT2D eigenvalue weighted by molar-refractivity contribution is 5.76. The van der Waals surface area contributed by atoms with E-state index in [0.717, 1.165) is 38.5 Å². The van der Waals surface area contributed by atoms with Crippen LogP contribution in [-0.4, -0.2) is 193 Å². The lowest BCUT2D eigenvalue weighted by Crippen LogP contribution is -2.66. The van der Waals surface area contributed by atoms with E-state index in [0.29, 0.717) is 12.8 Å². The molecule has 0 aromatic heterocycles. The molecule has 3 aliphatic rings. The van der Waals surface area contributed by atoms with E-state index >= 15 is 0 Å². The number of amides is 1. The fourth-order valence-corrected chi connectivity index (χ4v) is 12.4. The van der Waals surface area contributed by atoms with E-state index in [1.165, 1.54) is 212 Å². The molecule has 19 nitrogen and oxygen atoms in total. The highest BCUT2D eigenvalue weighted by Crippen LogP contribution is 2.33. The lowest BCUT2D eigenvalue weighted by atomic mass is 9.96. The Kier molecular flexibility index (Phi) is 49.5. The Labute approximate surface area is 549 Å². The summed E-state index contributed by atoms with van der Waals surface area (Å²) < 4.78 is 34.4. The predicted octanol–water partition coefficient (Wildman–Crippen LogP) is 10.4. The molecule has 3 rings (SSSR count). The van der Waals surface area contributed by atoms with Crippen molar-refractivity contribution in [3.63, 3.8) is 0 Å². The quantitative estimate of drug-likeness (QED) is 0.0199. The van der Waals surface area contributed by atoms with Gasteiger partial charge in [-0.25, -0.2) is 0 Å². The fourth-order valence-electron chi connectivity index (χ4n) is 12.4. The molecule has 1 amide bonds. The van der Waals surface area contributed by atoms with Crippen molar-refractivity contribution in [3.8, 4) is 0 Å². The van der Waals surface area contributed by atoms with E-state index < -0.39 is 124 Å². The molecule has 0 aromatic rings. The van der Waals surface area contributed by atoms with Crippen molar-refractivity contribution in [1.82, 2.24) is 5.32 Å². The van der Waals surface area contributed by atoms with E-state index in [2.05, 4.69) is 43.5 Å². The SMILES string of the molecule is CCCCCCCCCC/C=C\CCCCCCCCCCCCCCCCCCCC(=O)NC(COC1OC(CO)C(OC2OC(CO)C(OC3OC(CO)C(O)C(O)C3O)C(O)C2O)C(O)C1O)C(O)/C=C/CC/C=C/CCCCCCCCCCCCC. The zero-order valence-corrected chi connectivity index (χ0v) is 56.6. The Morgan fingerprint density at radius 1 is 0.385 bits per heavy atom. The predicted molar refractivity (Wildman–Crippen MR) is 356 cm³/mol. The van der Waals surface area contributed by atoms with E-state index in [9.17, 15) is 61.0 Å². The van der Waals surface area contributed by atoms with Crippen LogP contribution in [-0.2, 0) is 33.2 Å². The van der Waals surface area contributed by atoms with E-state index in [1.54, 1.807) is 6.08 Å². The van der Waals surface area contributed by atoms with Gasteiger partial charge in [0, 0.05) is 6.42 Å². The van der Waals surface area contributed by atoms with Crippen LogP contribution in [0.3, 0.4) is 0 Å². The van der Waals surface area contributed by atoms with Crippen LogP contribution in [0.25, 0.3) is 0 Å². The number of carbonyl (C=O) groups is 1. The van der Waals surface area contributed by atoms with Crippen LogP contribution in [0.5, 0.6) is 0 Å². The first-order chi connectivity index (χ1) is 44.3. The van der Waals surface area contributed by atoms with E-state index in [1.807, 2.05) is 6.08 Å². The number of nitrogens with one attached hydrogen (secondary N) is 1. The third-order valence-corrected chi connectivity index (χ3v) is 18.4. The maximum Gasteiger partial charge on any atom is 0.220 e. The molecule has 0 saturated carbocycles. The van der Waals surface area contributed by atoms with Crippen molar-refractivity contribution in [2.45, 2.75) is 388 Å². The number of hydrogen-bond donors (Lipinski definition) is 12. The average Bonchev–Trinajstić information content (AvgIpc) is 0.884. The maximum atomic E-state index is 13.4. The summed E-state index contributed by atoms with van der Waals surface area (Å²) in [5.41, 5.74) is 0. The number of unbranched alkanes of at least 4 members (excludes halogenated alkanes) is 37. The molecule has 19 heteroatoms. The molecular weight excluding hydrogens is 1170 g/mol. The van der Waals surface area contributed by atoms with Crippen molar-refractivity contribution in [2.75, 3.05) is 26.4 Å². The summed E-state index contributed by atoms with van der Waals surface area (Å²) in [4.78, 5) is 13.4. The first-order valence-corrected chi connectivity index (χ1v) is 36.7. The highest BCUT2D eigenvalue weighted by Gasteiger charge is 2.53. The minimum atomic E-state index is -1.98. The topological polar surface area (TPSA) is 307 Å². The van der Waals surface area contributed by atoms with Gasteiger partial charge >= 0.3 is 0 Å². The summed E-state index contributed by atoms with van der Waals surface area (Å²) in [6.07, 6.45) is 37.1. The van der Waals surface area contributed by atoms with Crippen LogP contribution in [0.4, 0.5) is 0 Å². The minimum absolute atomic E-state index is 0.238. The smallest absolute Gasteiger partial charge is 0.220 e. The largest absolute Gasteiger partial charge is 0.394 e. The van der Waals surface area contributed by atoms with Crippen molar-refractivity contribution in [3.05, 3.63) is 36.5 Å². The molecular formula is C72H133NO18. The molecule has 3 saturated heterocycles. The molecule has 3 heterocycles. The first kappa shape index (κ1) is 83.2. The number of carbonyl (C=O) groups excluding carboxylic acids is 1. The number of rotatable bonds is 57. The monoisotopic (exact) mass is 1300 g/mol. The van der Waals surface area contributed by atoms with E-state index in [-0.39, 0.29) is 18.9 Å². The second-order valence-electron chi connectivity index (χ2n) is 26.4. The fraction of sp³-hybridized carbons (Fsp3) is 0.903. The van der Waals surface area contributed by atoms with Gasteiger partial charge in [-0.15, -0.1) is 0 Å². The number of ether oxygens (including phenoxy) is 6. The summed E-state index contributed by atoms with van der Waals surface area (Å²) in [6, 6.07) is -0.989. The van der Waals surface area contributed by atoms with Crippen LogP contribution in [0.2, 0.25) is 0 Å². The molecule has 0 aliphatic carbocycles. The molecule has 17 atom stereocenters. The normalized spacial score (nSPS) is 28.0. The molecule has 12 N–H and O–H groups in total. The van der Waals surface area contributed by atoms with Crippen LogP contribution >= 0.6 is 0 Å². The molecule has 3 aliphatic heterocycles. The van der Waals surface area contributed by atoms with Gasteiger partial charge in [-0.3, -0.25) is 4.79 Å². The number of aliphatic hydroxyl groups excluding tert-OH is 11. The van der Waals surface area contributed by atoms with Crippen molar-refractivity contribution in [2.24, 2.45) is 0 Å². The van der Waals surface area contributed by atoms with Crippen molar-refractivity contribution < 1.29 is 89.4 Å². The van der Waals surface area contributed by atoms with Gasteiger partial charge in [-0.05, 0) is 57.8 Å². The molecule has 534 valence electrons.